The van der Waals surface area contributed by atoms with Gasteiger partial charge in [-0.1, -0.05) is 18.2 Å². The van der Waals surface area contributed by atoms with E-state index in [1.165, 1.54) is 4.88 Å². The van der Waals surface area contributed by atoms with Crippen molar-refractivity contribution in [2.24, 2.45) is 0 Å². The van der Waals surface area contributed by atoms with Gasteiger partial charge in [-0.3, -0.25) is 0 Å². The molecule has 0 aliphatic rings. The van der Waals surface area contributed by atoms with Crippen molar-refractivity contribution in [3.8, 4) is 0 Å². The molecule has 1 aromatic carbocycles. The van der Waals surface area contributed by atoms with Crippen molar-refractivity contribution in [2.75, 3.05) is 6.54 Å². The minimum absolute atomic E-state index is 0.0858. The number of halogens is 1. The zero-order valence-electron chi connectivity index (χ0n) is 10.8. The molecule has 0 amide bonds. The molecule has 2 aromatic rings. The molecule has 1 nitrogen and oxygen atoms in total. The minimum Gasteiger partial charge on any atom is -0.312 e. The number of hydrogen-bond donors (Lipinski definition) is 1. The van der Waals surface area contributed by atoms with E-state index < -0.39 is 0 Å². The van der Waals surface area contributed by atoms with Gasteiger partial charge >= 0.3 is 0 Å². The quantitative estimate of drug-likeness (QED) is 0.808. The number of rotatable bonds is 5. The molecular formula is C15H18FNS. The fourth-order valence-corrected chi connectivity index (χ4v) is 2.75. The smallest absolute Gasteiger partial charge is 0.129 e. The van der Waals surface area contributed by atoms with E-state index in [1.807, 2.05) is 26.0 Å². The van der Waals surface area contributed by atoms with E-state index in [9.17, 15) is 4.39 Å². The van der Waals surface area contributed by atoms with Gasteiger partial charge in [0, 0.05) is 18.0 Å². The largest absolute Gasteiger partial charge is 0.312 e. The first-order valence-electron chi connectivity index (χ1n) is 6.15. The Balaban J connectivity index is 1.83. The Hall–Kier alpha value is -1.19. The lowest BCUT2D eigenvalue weighted by molar-refractivity contribution is 0.606. The second kappa shape index (κ2) is 6.12. The fraction of sp³-hybridized carbons (Fsp3) is 0.333. The van der Waals surface area contributed by atoms with Gasteiger partial charge in [-0.15, -0.1) is 11.3 Å². The van der Waals surface area contributed by atoms with Gasteiger partial charge in [0.15, 0.2) is 0 Å². The third-order valence-electron chi connectivity index (χ3n) is 2.95. The molecule has 0 unspecified atom stereocenters. The molecular weight excluding hydrogens is 245 g/mol. The molecule has 0 bridgehead atoms. The summed E-state index contributed by atoms with van der Waals surface area (Å²) in [4.78, 5) is 1.40. The highest BCUT2D eigenvalue weighted by Crippen LogP contribution is 2.14. The van der Waals surface area contributed by atoms with Gasteiger partial charge in [-0.2, -0.15) is 0 Å². The maximum absolute atomic E-state index is 13.5. The van der Waals surface area contributed by atoms with Crippen LogP contribution in [0.25, 0.3) is 0 Å². The third kappa shape index (κ3) is 3.40. The van der Waals surface area contributed by atoms with Crippen molar-refractivity contribution < 1.29 is 4.39 Å². The normalized spacial score (nSPS) is 10.8. The third-order valence-corrected chi connectivity index (χ3v) is 3.89. The van der Waals surface area contributed by atoms with E-state index in [0.29, 0.717) is 0 Å². The van der Waals surface area contributed by atoms with Crippen molar-refractivity contribution in [1.29, 1.82) is 0 Å². The maximum atomic E-state index is 13.5. The number of hydrogen-bond acceptors (Lipinski definition) is 2. The van der Waals surface area contributed by atoms with Gasteiger partial charge in [-0.25, -0.2) is 4.39 Å². The Bertz CT molecular complexity index is 482. The molecule has 1 aromatic heterocycles. The molecule has 96 valence electrons. The summed E-state index contributed by atoms with van der Waals surface area (Å²) in [7, 11) is 0. The van der Waals surface area contributed by atoms with Crippen LogP contribution in [0, 0.1) is 19.7 Å². The molecule has 0 aliphatic heterocycles. The lowest BCUT2D eigenvalue weighted by Gasteiger charge is -2.08. The van der Waals surface area contributed by atoms with Crippen LogP contribution in [-0.2, 0) is 13.0 Å². The summed E-state index contributed by atoms with van der Waals surface area (Å²) in [6.45, 7) is 5.39. The predicted molar refractivity (Wildman–Crippen MR) is 75.6 cm³/mol. The molecule has 0 saturated heterocycles. The van der Waals surface area contributed by atoms with Gasteiger partial charge in [0.2, 0.25) is 0 Å². The Morgan fingerprint density at radius 2 is 1.94 bits per heavy atom. The molecule has 0 saturated carbocycles. The molecule has 1 N–H and O–H groups in total. The van der Waals surface area contributed by atoms with Crippen LogP contribution in [0.5, 0.6) is 0 Å². The summed E-state index contributed by atoms with van der Waals surface area (Å²) in [5.41, 5.74) is 2.60. The van der Waals surface area contributed by atoms with Crippen molar-refractivity contribution in [3.05, 3.63) is 57.0 Å². The van der Waals surface area contributed by atoms with Crippen LogP contribution in [0.1, 0.15) is 21.6 Å². The van der Waals surface area contributed by atoms with E-state index in [-0.39, 0.29) is 5.82 Å². The first-order valence-corrected chi connectivity index (χ1v) is 7.03. The van der Waals surface area contributed by atoms with Crippen LogP contribution >= 0.6 is 11.3 Å². The molecule has 18 heavy (non-hydrogen) atoms. The topological polar surface area (TPSA) is 12.0 Å². The molecule has 0 radical (unpaired) electrons. The lowest BCUT2D eigenvalue weighted by atomic mass is 10.1. The molecule has 2 rings (SSSR count). The Morgan fingerprint density at radius 3 is 2.56 bits per heavy atom. The van der Waals surface area contributed by atoms with Crippen LogP contribution in [0.4, 0.5) is 4.39 Å². The van der Waals surface area contributed by atoms with Crippen molar-refractivity contribution >= 4 is 11.3 Å². The highest BCUT2D eigenvalue weighted by atomic mass is 32.1. The van der Waals surface area contributed by atoms with E-state index in [0.717, 1.165) is 36.2 Å². The van der Waals surface area contributed by atoms with Gasteiger partial charge in [0.1, 0.15) is 5.82 Å². The van der Waals surface area contributed by atoms with Crippen molar-refractivity contribution in [3.63, 3.8) is 0 Å². The summed E-state index contributed by atoms with van der Waals surface area (Å²) in [6, 6.07) is 8.06. The lowest BCUT2D eigenvalue weighted by Crippen LogP contribution is -2.16. The van der Waals surface area contributed by atoms with Crippen LogP contribution in [0.3, 0.4) is 0 Å². The number of benzene rings is 1. The first kappa shape index (κ1) is 13.2. The summed E-state index contributed by atoms with van der Waals surface area (Å²) in [6.07, 6.45) is 1.05. The monoisotopic (exact) mass is 263 g/mol. The summed E-state index contributed by atoms with van der Waals surface area (Å²) in [5, 5.41) is 5.50. The SMILES string of the molecule is Cc1cc(CNCCc2cccs2)cc(C)c1F. The zero-order valence-corrected chi connectivity index (χ0v) is 11.6. The van der Waals surface area contributed by atoms with Crippen LogP contribution in [0.2, 0.25) is 0 Å². The van der Waals surface area contributed by atoms with Crippen molar-refractivity contribution in [1.82, 2.24) is 5.32 Å². The molecule has 3 heteroatoms. The predicted octanol–water partition coefficient (Wildman–Crippen LogP) is 3.84. The molecule has 1 heterocycles. The average molecular weight is 263 g/mol. The maximum Gasteiger partial charge on any atom is 0.129 e. The zero-order chi connectivity index (χ0) is 13.0. The van der Waals surface area contributed by atoms with E-state index in [2.05, 4.69) is 22.8 Å². The molecule has 0 aliphatic carbocycles. The van der Waals surface area contributed by atoms with Gasteiger partial charge < -0.3 is 5.32 Å². The highest BCUT2D eigenvalue weighted by molar-refractivity contribution is 7.09. The van der Waals surface area contributed by atoms with E-state index >= 15 is 0 Å². The molecule has 0 atom stereocenters. The van der Waals surface area contributed by atoms with E-state index in [1.54, 1.807) is 11.3 Å². The second-order valence-corrected chi connectivity index (χ2v) is 5.58. The van der Waals surface area contributed by atoms with Crippen LogP contribution < -0.4 is 5.32 Å². The van der Waals surface area contributed by atoms with E-state index in [4.69, 9.17) is 0 Å². The first-order chi connectivity index (χ1) is 8.66. The molecule has 0 spiro atoms. The highest BCUT2D eigenvalue weighted by Gasteiger charge is 2.03. The van der Waals surface area contributed by atoms with Crippen LogP contribution in [-0.4, -0.2) is 6.54 Å². The summed E-state index contributed by atoms with van der Waals surface area (Å²) >= 11 is 1.79. The number of aryl methyl sites for hydroxylation is 2. The number of thiophene rings is 1. The Kier molecular flexibility index (Phi) is 4.50. The minimum atomic E-state index is -0.0858. The Morgan fingerprint density at radius 1 is 1.22 bits per heavy atom. The average Bonchev–Trinajstić information content (AvgIpc) is 2.84. The standard InChI is InChI=1S/C15H18FNS/c1-11-8-13(9-12(2)15(11)16)10-17-6-5-14-4-3-7-18-14/h3-4,7-9,17H,5-6,10H2,1-2H3. The van der Waals surface area contributed by atoms with Gasteiger partial charge in [0.05, 0.1) is 0 Å². The summed E-state index contributed by atoms with van der Waals surface area (Å²) < 4.78 is 13.5. The van der Waals surface area contributed by atoms with Crippen molar-refractivity contribution in [2.45, 2.75) is 26.8 Å². The summed E-state index contributed by atoms with van der Waals surface area (Å²) in [5.74, 6) is -0.0858. The fourth-order valence-electron chi connectivity index (χ4n) is 2.04. The van der Waals surface area contributed by atoms with Gasteiger partial charge in [-0.05, 0) is 48.4 Å². The van der Waals surface area contributed by atoms with Gasteiger partial charge in [0.25, 0.3) is 0 Å². The number of nitrogens with one attached hydrogen (secondary N) is 1. The Labute approximate surface area is 112 Å². The van der Waals surface area contributed by atoms with Crippen LogP contribution in [0.15, 0.2) is 29.6 Å². The second-order valence-electron chi connectivity index (χ2n) is 4.55. The molecule has 0 fully saturated rings.